The molecule has 0 aliphatic carbocycles. The Labute approximate surface area is 100.0 Å². The minimum Gasteiger partial charge on any atom is -0.313 e. The number of benzene rings is 1. The van der Waals surface area contributed by atoms with Gasteiger partial charge in [-0.1, -0.05) is 29.5 Å². The highest BCUT2D eigenvalue weighted by Gasteiger charge is 2.09. The minimum absolute atomic E-state index is 0.924. The number of hydrogen-bond acceptors (Lipinski definition) is 3. The van der Waals surface area contributed by atoms with Gasteiger partial charge in [0.1, 0.15) is 5.69 Å². The molecular weight excluding hydrogens is 212 g/mol. The van der Waals surface area contributed by atoms with E-state index in [1.165, 1.54) is 5.57 Å². The smallest absolute Gasteiger partial charge is 0.109 e. The molecule has 0 atom stereocenters. The van der Waals surface area contributed by atoms with Crippen molar-refractivity contribution in [2.75, 3.05) is 13.1 Å². The van der Waals surface area contributed by atoms with Crippen LogP contribution in [0.2, 0.25) is 0 Å². The van der Waals surface area contributed by atoms with Crippen LogP contribution in [0.15, 0.2) is 42.6 Å². The molecule has 0 saturated heterocycles. The number of para-hydroxylation sites is 1. The molecule has 0 spiro atoms. The molecule has 2 heterocycles. The summed E-state index contributed by atoms with van der Waals surface area (Å²) < 4.78 is 1.82. The molecule has 0 bridgehead atoms. The van der Waals surface area contributed by atoms with Crippen molar-refractivity contribution in [1.82, 2.24) is 20.3 Å². The van der Waals surface area contributed by atoms with Crippen LogP contribution in [0, 0.1) is 0 Å². The zero-order valence-corrected chi connectivity index (χ0v) is 9.50. The maximum Gasteiger partial charge on any atom is 0.109 e. The molecule has 1 aliphatic heterocycles. The number of hydrogen-bond donors (Lipinski definition) is 1. The van der Waals surface area contributed by atoms with E-state index in [2.05, 4.69) is 21.7 Å². The average Bonchev–Trinajstić information content (AvgIpc) is 2.90. The van der Waals surface area contributed by atoms with E-state index in [1.807, 2.05) is 41.2 Å². The van der Waals surface area contributed by atoms with Crippen molar-refractivity contribution in [3.05, 3.63) is 48.3 Å². The van der Waals surface area contributed by atoms with E-state index in [4.69, 9.17) is 0 Å². The molecule has 0 amide bonds. The highest BCUT2D eigenvalue weighted by atomic mass is 15.4. The van der Waals surface area contributed by atoms with Gasteiger partial charge in [0, 0.05) is 6.54 Å². The fourth-order valence-corrected chi connectivity index (χ4v) is 1.97. The van der Waals surface area contributed by atoms with Crippen LogP contribution in [-0.2, 0) is 0 Å². The third-order valence-corrected chi connectivity index (χ3v) is 2.91. The van der Waals surface area contributed by atoms with Gasteiger partial charge < -0.3 is 5.32 Å². The van der Waals surface area contributed by atoms with Crippen molar-refractivity contribution >= 4 is 5.57 Å². The van der Waals surface area contributed by atoms with Crippen LogP contribution in [0.5, 0.6) is 0 Å². The van der Waals surface area contributed by atoms with Crippen LogP contribution in [0.3, 0.4) is 0 Å². The van der Waals surface area contributed by atoms with E-state index >= 15 is 0 Å². The summed E-state index contributed by atoms with van der Waals surface area (Å²) in [5, 5.41) is 11.7. The number of nitrogens with one attached hydrogen (secondary N) is 1. The molecule has 1 aliphatic rings. The predicted octanol–water partition coefficient (Wildman–Crippen LogP) is 1.64. The van der Waals surface area contributed by atoms with Crippen molar-refractivity contribution in [2.24, 2.45) is 0 Å². The second-order valence-corrected chi connectivity index (χ2v) is 4.07. The summed E-state index contributed by atoms with van der Waals surface area (Å²) in [7, 11) is 0. The van der Waals surface area contributed by atoms with Crippen LogP contribution in [-0.4, -0.2) is 28.1 Å². The molecule has 0 radical (unpaired) electrons. The first-order valence-corrected chi connectivity index (χ1v) is 5.81. The first-order valence-electron chi connectivity index (χ1n) is 5.81. The molecule has 4 heteroatoms. The van der Waals surface area contributed by atoms with E-state index in [0.29, 0.717) is 0 Å². The van der Waals surface area contributed by atoms with Gasteiger partial charge in [-0.3, -0.25) is 0 Å². The van der Waals surface area contributed by atoms with Gasteiger partial charge in [-0.25, -0.2) is 4.68 Å². The Morgan fingerprint density at radius 1 is 1.18 bits per heavy atom. The maximum absolute atomic E-state index is 4.23. The molecule has 0 unspecified atom stereocenters. The highest BCUT2D eigenvalue weighted by molar-refractivity contribution is 5.63. The largest absolute Gasteiger partial charge is 0.313 e. The molecule has 0 saturated carbocycles. The zero-order chi connectivity index (χ0) is 11.5. The van der Waals surface area contributed by atoms with E-state index < -0.39 is 0 Å². The summed E-state index contributed by atoms with van der Waals surface area (Å²) in [5.74, 6) is 0. The predicted molar refractivity (Wildman–Crippen MR) is 66.8 cm³/mol. The van der Waals surface area contributed by atoms with Gasteiger partial charge in [-0.2, -0.15) is 0 Å². The quantitative estimate of drug-likeness (QED) is 0.846. The number of nitrogens with zero attached hydrogens (tertiary/aromatic N) is 3. The van der Waals surface area contributed by atoms with Gasteiger partial charge in [0.15, 0.2) is 0 Å². The lowest BCUT2D eigenvalue weighted by atomic mass is 10.1. The first-order chi connectivity index (χ1) is 8.43. The normalized spacial score (nSPS) is 15.6. The fraction of sp³-hybridized carbons (Fsp3) is 0.231. The third-order valence-electron chi connectivity index (χ3n) is 2.91. The summed E-state index contributed by atoms with van der Waals surface area (Å²) in [6.07, 6.45) is 5.20. The Morgan fingerprint density at radius 3 is 2.82 bits per heavy atom. The Hall–Kier alpha value is -1.94. The highest BCUT2D eigenvalue weighted by Crippen LogP contribution is 2.17. The van der Waals surface area contributed by atoms with Crippen LogP contribution in [0.4, 0.5) is 0 Å². The molecule has 0 fully saturated rings. The molecule has 2 aromatic rings. The summed E-state index contributed by atoms with van der Waals surface area (Å²) in [4.78, 5) is 0. The third kappa shape index (κ3) is 2.12. The monoisotopic (exact) mass is 226 g/mol. The van der Waals surface area contributed by atoms with Gasteiger partial charge >= 0.3 is 0 Å². The topological polar surface area (TPSA) is 42.7 Å². The molecule has 1 aromatic carbocycles. The van der Waals surface area contributed by atoms with Crippen LogP contribution < -0.4 is 5.32 Å². The van der Waals surface area contributed by atoms with Gasteiger partial charge in [0.2, 0.25) is 0 Å². The summed E-state index contributed by atoms with van der Waals surface area (Å²) in [6.45, 7) is 1.94. The standard InChI is InChI=1S/C13H14N4/c1-2-4-12(5-3-1)17-10-13(15-16-17)11-6-8-14-9-7-11/h1-6,10,14H,7-9H2. The lowest BCUT2D eigenvalue weighted by Crippen LogP contribution is -2.20. The van der Waals surface area contributed by atoms with Crippen molar-refractivity contribution in [2.45, 2.75) is 6.42 Å². The molecule has 4 nitrogen and oxygen atoms in total. The molecule has 86 valence electrons. The lowest BCUT2D eigenvalue weighted by molar-refractivity contribution is 0.736. The van der Waals surface area contributed by atoms with E-state index in [0.717, 1.165) is 30.9 Å². The molecule has 1 aromatic heterocycles. The van der Waals surface area contributed by atoms with Gasteiger partial charge in [-0.15, -0.1) is 5.10 Å². The second-order valence-electron chi connectivity index (χ2n) is 4.07. The van der Waals surface area contributed by atoms with Crippen LogP contribution >= 0.6 is 0 Å². The molecule has 1 N–H and O–H groups in total. The second kappa shape index (κ2) is 4.51. The Morgan fingerprint density at radius 2 is 2.06 bits per heavy atom. The zero-order valence-electron chi connectivity index (χ0n) is 9.50. The van der Waals surface area contributed by atoms with Gasteiger partial charge in [-0.05, 0) is 30.7 Å². The maximum atomic E-state index is 4.23. The van der Waals surface area contributed by atoms with E-state index in [1.54, 1.807) is 0 Å². The molecule has 3 rings (SSSR count). The summed E-state index contributed by atoms with van der Waals surface area (Å²) in [5.41, 5.74) is 3.31. The Balaban J connectivity index is 1.90. The van der Waals surface area contributed by atoms with Gasteiger partial charge in [0.05, 0.1) is 11.9 Å². The summed E-state index contributed by atoms with van der Waals surface area (Å²) >= 11 is 0. The average molecular weight is 226 g/mol. The van der Waals surface area contributed by atoms with Gasteiger partial charge in [0.25, 0.3) is 0 Å². The molecular formula is C13H14N4. The molecule has 17 heavy (non-hydrogen) atoms. The van der Waals surface area contributed by atoms with Crippen molar-refractivity contribution in [3.63, 3.8) is 0 Å². The lowest BCUT2D eigenvalue weighted by Gasteiger charge is -2.10. The van der Waals surface area contributed by atoms with Crippen LogP contribution in [0.25, 0.3) is 11.3 Å². The van der Waals surface area contributed by atoms with Crippen molar-refractivity contribution in [3.8, 4) is 5.69 Å². The Kier molecular flexibility index (Phi) is 2.71. The first kappa shape index (κ1) is 10.2. The summed E-state index contributed by atoms with van der Waals surface area (Å²) in [6, 6.07) is 10.0. The SMILES string of the molecule is C1=C(c2cn(-c3ccccc3)nn2)CCNC1. The van der Waals surface area contributed by atoms with Crippen LogP contribution in [0.1, 0.15) is 12.1 Å². The number of rotatable bonds is 2. The minimum atomic E-state index is 0.924. The Bertz CT molecular complexity index is 527. The van der Waals surface area contributed by atoms with E-state index in [9.17, 15) is 0 Å². The fourth-order valence-electron chi connectivity index (χ4n) is 1.97. The van der Waals surface area contributed by atoms with Crippen molar-refractivity contribution < 1.29 is 0 Å². The number of aromatic nitrogens is 3. The van der Waals surface area contributed by atoms with E-state index in [-0.39, 0.29) is 0 Å². The van der Waals surface area contributed by atoms with Crippen molar-refractivity contribution in [1.29, 1.82) is 0 Å².